The molecule has 0 aliphatic rings. The molecule has 0 fully saturated rings. The zero-order valence-electron chi connectivity index (χ0n) is 52.7. The lowest BCUT2D eigenvalue weighted by molar-refractivity contribution is -0.167. The molecule has 78 heavy (non-hydrogen) atoms. The van der Waals surface area contributed by atoms with Gasteiger partial charge in [-0.3, -0.25) is 14.4 Å². The van der Waals surface area contributed by atoms with Gasteiger partial charge < -0.3 is 14.2 Å². The Morgan fingerprint density at radius 2 is 0.462 bits per heavy atom. The zero-order chi connectivity index (χ0) is 56.4. The topological polar surface area (TPSA) is 78.9 Å². The van der Waals surface area contributed by atoms with E-state index < -0.39 is 6.10 Å². The normalized spacial score (nSPS) is 12.2. The fourth-order valence-electron chi connectivity index (χ4n) is 10.6. The first kappa shape index (κ1) is 75.6. The van der Waals surface area contributed by atoms with Gasteiger partial charge in [0.25, 0.3) is 0 Å². The fraction of sp³-hybridized carbons (Fsp3) is 0.875. The lowest BCUT2D eigenvalue weighted by Crippen LogP contribution is -2.30. The van der Waals surface area contributed by atoms with E-state index in [4.69, 9.17) is 14.2 Å². The number of unbranched alkanes of at least 4 members (excludes halogenated alkanes) is 48. The summed E-state index contributed by atoms with van der Waals surface area (Å²) in [6.45, 7) is 6.63. The minimum Gasteiger partial charge on any atom is -0.462 e. The third-order valence-electron chi connectivity index (χ3n) is 15.9. The van der Waals surface area contributed by atoms with Gasteiger partial charge in [0, 0.05) is 19.3 Å². The number of hydrogen-bond donors (Lipinski definition) is 0. The molecule has 0 saturated heterocycles. The first-order chi connectivity index (χ1) is 38.5. The third-order valence-corrected chi connectivity index (χ3v) is 15.9. The Balaban J connectivity index is 3.98. The largest absolute Gasteiger partial charge is 0.462 e. The van der Waals surface area contributed by atoms with Gasteiger partial charge in [0.15, 0.2) is 6.10 Å². The van der Waals surface area contributed by atoms with Gasteiger partial charge in [0.1, 0.15) is 13.2 Å². The summed E-state index contributed by atoms with van der Waals surface area (Å²) in [7, 11) is 0. The molecule has 0 amide bonds. The highest BCUT2D eigenvalue weighted by Crippen LogP contribution is 2.18. The summed E-state index contributed by atoms with van der Waals surface area (Å²) in [6, 6.07) is 0. The molecule has 0 rings (SSSR count). The molecule has 1 unspecified atom stereocenters. The Labute approximate surface area is 486 Å². The van der Waals surface area contributed by atoms with Crippen molar-refractivity contribution in [2.75, 3.05) is 13.2 Å². The summed E-state index contributed by atoms with van der Waals surface area (Å²) in [4.78, 5) is 38.1. The van der Waals surface area contributed by atoms with Crippen LogP contribution in [0.15, 0.2) is 36.5 Å². The monoisotopic (exact) mass is 1100 g/mol. The molecular formula is C72H134O6. The molecule has 6 nitrogen and oxygen atoms in total. The molecular weight excluding hydrogens is 961 g/mol. The second kappa shape index (κ2) is 67.1. The van der Waals surface area contributed by atoms with Crippen molar-refractivity contribution in [2.24, 2.45) is 0 Å². The van der Waals surface area contributed by atoms with Crippen molar-refractivity contribution in [3.05, 3.63) is 36.5 Å². The number of carbonyl (C=O) groups is 3. The minimum absolute atomic E-state index is 0.0676. The maximum absolute atomic E-state index is 12.9. The lowest BCUT2D eigenvalue weighted by atomic mass is 10.0. The van der Waals surface area contributed by atoms with E-state index in [0.717, 1.165) is 64.2 Å². The second-order valence-electron chi connectivity index (χ2n) is 23.8. The van der Waals surface area contributed by atoms with Gasteiger partial charge in [0.2, 0.25) is 0 Å². The van der Waals surface area contributed by atoms with Crippen LogP contribution in [0.4, 0.5) is 0 Å². The van der Waals surface area contributed by atoms with Gasteiger partial charge in [-0.1, -0.05) is 327 Å². The highest BCUT2D eigenvalue weighted by atomic mass is 16.6. The summed E-state index contributed by atoms with van der Waals surface area (Å²) in [5, 5.41) is 0. The number of allylic oxidation sites excluding steroid dienone is 6. The molecule has 0 aromatic rings. The van der Waals surface area contributed by atoms with Gasteiger partial charge in [0.05, 0.1) is 0 Å². The van der Waals surface area contributed by atoms with E-state index in [9.17, 15) is 14.4 Å². The summed E-state index contributed by atoms with van der Waals surface area (Å²) in [6.07, 6.45) is 83.6. The molecule has 458 valence electrons. The highest BCUT2D eigenvalue weighted by molar-refractivity contribution is 5.71. The van der Waals surface area contributed by atoms with Gasteiger partial charge >= 0.3 is 17.9 Å². The van der Waals surface area contributed by atoms with Crippen molar-refractivity contribution in [1.82, 2.24) is 0 Å². The summed E-state index contributed by atoms with van der Waals surface area (Å²) >= 11 is 0. The molecule has 0 radical (unpaired) electrons. The third kappa shape index (κ3) is 64.5. The molecule has 0 heterocycles. The summed E-state index contributed by atoms with van der Waals surface area (Å²) in [5.74, 6) is -0.854. The van der Waals surface area contributed by atoms with Crippen LogP contribution < -0.4 is 0 Å². The van der Waals surface area contributed by atoms with E-state index in [2.05, 4.69) is 57.2 Å². The first-order valence-electron chi connectivity index (χ1n) is 35.0. The van der Waals surface area contributed by atoms with Crippen LogP contribution in [0.25, 0.3) is 0 Å². The van der Waals surface area contributed by atoms with Crippen molar-refractivity contribution in [3.63, 3.8) is 0 Å². The van der Waals surface area contributed by atoms with Crippen molar-refractivity contribution >= 4 is 17.9 Å². The zero-order valence-corrected chi connectivity index (χ0v) is 52.7. The molecule has 0 saturated carbocycles. The predicted octanol–water partition coefficient (Wildman–Crippen LogP) is 23.9. The molecule has 0 aromatic heterocycles. The Hall–Kier alpha value is -2.37. The van der Waals surface area contributed by atoms with Gasteiger partial charge in [-0.25, -0.2) is 0 Å². The van der Waals surface area contributed by atoms with Crippen LogP contribution in [0.5, 0.6) is 0 Å². The predicted molar refractivity (Wildman–Crippen MR) is 339 cm³/mol. The molecule has 1 atom stereocenters. The second-order valence-corrected chi connectivity index (χ2v) is 23.8. The number of carbonyl (C=O) groups excluding carboxylic acids is 3. The Bertz CT molecular complexity index is 1300. The number of hydrogen-bond acceptors (Lipinski definition) is 6. The van der Waals surface area contributed by atoms with Crippen LogP contribution >= 0.6 is 0 Å². The Morgan fingerprint density at radius 1 is 0.256 bits per heavy atom. The Morgan fingerprint density at radius 3 is 0.718 bits per heavy atom. The number of rotatable bonds is 65. The van der Waals surface area contributed by atoms with Crippen molar-refractivity contribution in [1.29, 1.82) is 0 Å². The van der Waals surface area contributed by atoms with Crippen LogP contribution in [0.3, 0.4) is 0 Å². The molecule has 0 aromatic carbocycles. The van der Waals surface area contributed by atoms with Crippen molar-refractivity contribution in [3.8, 4) is 0 Å². The van der Waals surface area contributed by atoms with Crippen molar-refractivity contribution in [2.45, 2.75) is 393 Å². The van der Waals surface area contributed by atoms with Gasteiger partial charge in [-0.2, -0.15) is 0 Å². The Kier molecular flexibility index (Phi) is 65.1. The first-order valence-corrected chi connectivity index (χ1v) is 35.0. The molecule has 6 heteroatoms. The molecule has 0 N–H and O–H groups in total. The van der Waals surface area contributed by atoms with Crippen molar-refractivity contribution < 1.29 is 28.6 Å². The quantitative estimate of drug-likeness (QED) is 0.0261. The maximum atomic E-state index is 12.9. The van der Waals surface area contributed by atoms with Crippen LogP contribution in [0.1, 0.15) is 387 Å². The fourth-order valence-corrected chi connectivity index (χ4v) is 10.6. The lowest BCUT2D eigenvalue weighted by Gasteiger charge is -2.18. The maximum Gasteiger partial charge on any atom is 0.306 e. The van der Waals surface area contributed by atoms with E-state index in [0.29, 0.717) is 19.3 Å². The van der Waals surface area contributed by atoms with Crippen LogP contribution in [-0.2, 0) is 28.6 Å². The average molecular weight is 1100 g/mol. The minimum atomic E-state index is -0.768. The summed E-state index contributed by atoms with van der Waals surface area (Å²) in [5.41, 5.74) is 0. The smallest absolute Gasteiger partial charge is 0.306 e. The van der Waals surface area contributed by atoms with E-state index >= 15 is 0 Å². The van der Waals surface area contributed by atoms with Crippen LogP contribution in [0, 0.1) is 0 Å². The van der Waals surface area contributed by atoms with E-state index in [1.807, 2.05) is 0 Å². The van der Waals surface area contributed by atoms with E-state index in [1.54, 1.807) is 0 Å². The number of ether oxygens (including phenoxy) is 3. The highest BCUT2D eigenvalue weighted by Gasteiger charge is 2.19. The summed E-state index contributed by atoms with van der Waals surface area (Å²) < 4.78 is 16.9. The average Bonchev–Trinajstić information content (AvgIpc) is 3.44. The van der Waals surface area contributed by atoms with Crippen LogP contribution in [-0.4, -0.2) is 37.2 Å². The SMILES string of the molecule is CCCCCCC/C=C\C/C=C\CCCCCCCCCCCCCCCC(=O)OC(COC(=O)CCCCCCCC)COC(=O)CCCCCCCCCCCCCCCCCCC/C=C\CCCCCCCCCC. The van der Waals surface area contributed by atoms with Gasteiger partial charge in [-0.05, 0) is 77.0 Å². The molecule has 0 aliphatic carbocycles. The molecule has 0 spiro atoms. The van der Waals surface area contributed by atoms with E-state index in [-0.39, 0.29) is 31.1 Å². The van der Waals surface area contributed by atoms with E-state index in [1.165, 1.54) is 283 Å². The molecule has 0 bridgehead atoms. The standard InChI is InChI=1S/C72H134O6/c1-4-7-10-13-16-18-20-22-24-26-28-30-32-34-35-36-37-39-40-42-44-46-48-50-52-54-56-59-62-65-71(74)77-68-69(67-76-70(73)64-61-58-15-12-9-6-3)78-72(75)66-63-60-57-55-53-51-49-47-45-43-41-38-33-31-29-27-25-23-21-19-17-14-11-8-5-2/h21,23,26-29,69H,4-20,22,24-25,30-68H2,1-3H3/b23-21-,28-26-,29-27-. The van der Waals surface area contributed by atoms with Crippen LogP contribution in [0.2, 0.25) is 0 Å². The van der Waals surface area contributed by atoms with Gasteiger partial charge in [-0.15, -0.1) is 0 Å². The molecule has 0 aliphatic heterocycles. The number of esters is 3.